The second kappa shape index (κ2) is 7.54. The van der Waals surface area contributed by atoms with Crippen molar-refractivity contribution in [3.8, 4) is 5.75 Å². The maximum atomic E-state index is 13.3. The first-order valence-corrected chi connectivity index (χ1v) is 10.4. The Kier molecular flexibility index (Phi) is 5.21. The number of fused-ring (bicyclic) bond motifs is 2. The average molecular weight is 433 g/mol. The van der Waals surface area contributed by atoms with Crippen molar-refractivity contribution in [2.75, 3.05) is 6.54 Å². The summed E-state index contributed by atoms with van der Waals surface area (Å²) in [4.78, 5) is 30.5. The van der Waals surface area contributed by atoms with Crippen LogP contribution >= 0.6 is 23.2 Å². The van der Waals surface area contributed by atoms with Crippen molar-refractivity contribution in [1.29, 1.82) is 0 Å². The molecule has 0 spiro atoms. The smallest absolute Gasteiger partial charge is 0.256 e. The summed E-state index contributed by atoms with van der Waals surface area (Å²) < 4.78 is 5.74. The average Bonchev–Trinajstić information content (AvgIpc) is 3.14. The van der Waals surface area contributed by atoms with E-state index in [9.17, 15) is 9.59 Å². The molecule has 0 saturated carbocycles. The molecule has 1 amide bonds. The minimum atomic E-state index is -0.230. The first-order valence-electron chi connectivity index (χ1n) is 9.66. The molecule has 1 aliphatic heterocycles. The second-order valence-electron chi connectivity index (χ2n) is 7.72. The third-order valence-electron chi connectivity index (χ3n) is 5.40. The number of carbonyl (C=O) groups is 1. The molecule has 29 heavy (non-hydrogen) atoms. The molecule has 7 heteroatoms. The van der Waals surface area contributed by atoms with E-state index in [0.717, 1.165) is 22.4 Å². The van der Waals surface area contributed by atoms with Gasteiger partial charge in [-0.1, -0.05) is 35.4 Å². The molecule has 1 N–H and O–H groups in total. The van der Waals surface area contributed by atoms with Crippen LogP contribution in [0.25, 0.3) is 6.08 Å². The van der Waals surface area contributed by atoms with E-state index >= 15 is 0 Å². The van der Waals surface area contributed by atoms with Crippen molar-refractivity contribution < 1.29 is 9.53 Å². The number of rotatable bonds is 4. The Hall–Kier alpha value is -2.24. The lowest BCUT2D eigenvalue weighted by Crippen LogP contribution is -2.39. The fraction of sp³-hybridized carbons (Fsp3) is 0.364. The third-order valence-corrected chi connectivity index (χ3v) is 6.12. The number of aromatic nitrogens is 1. The van der Waals surface area contributed by atoms with Gasteiger partial charge in [-0.3, -0.25) is 9.59 Å². The Morgan fingerprint density at radius 2 is 2.00 bits per heavy atom. The van der Waals surface area contributed by atoms with E-state index in [4.69, 9.17) is 27.9 Å². The number of H-pyrrole nitrogens is 1. The number of hydrogen-bond acceptors (Lipinski definition) is 3. The van der Waals surface area contributed by atoms with E-state index in [1.807, 2.05) is 32.9 Å². The Labute approximate surface area is 179 Å². The van der Waals surface area contributed by atoms with Crippen LogP contribution in [0.3, 0.4) is 0 Å². The number of ether oxygens (including phenoxy) is 1. The van der Waals surface area contributed by atoms with Crippen molar-refractivity contribution in [2.45, 2.75) is 46.3 Å². The Bertz CT molecular complexity index is 1100. The van der Waals surface area contributed by atoms with Gasteiger partial charge in [-0.15, -0.1) is 0 Å². The van der Waals surface area contributed by atoms with Crippen molar-refractivity contribution in [2.24, 2.45) is 0 Å². The number of carbonyl (C=O) groups excluding carboxylic acids is 1. The number of amides is 1. The first-order chi connectivity index (χ1) is 13.8. The lowest BCUT2D eigenvalue weighted by atomic mass is 9.96. The molecule has 2 heterocycles. The third kappa shape index (κ3) is 3.47. The topological polar surface area (TPSA) is 62.4 Å². The monoisotopic (exact) mass is 432 g/mol. The highest BCUT2D eigenvalue weighted by molar-refractivity contribution is 6.38. The van der Waals surface area contributed by atoms with Gasteiger partial charge < -0.3 is 14.6 Å². The molecule has 0 radical (unpaired) electrons. The number of nitrogens with zero attached hydrogens (tertiary/aromatic N) is 1. The zero-order chi connectivity index (χ0) is 20.9. The van der Waals surface area contributed by atoms with Gasteiger partial charge in [0.1, 0.15) is 5.75 Å². The van der Waals surface area contributed by atoms with Crippen LogP contribution in [0.5, 0.6) is 5.75 Å². The Morgan fingerprint density at radius 3 is 2.72 bits per heavy atom. The van der Waals surface area contributed by atoms with Crippen LogP contribution in [-0.4, -0.2) is 28.4 Å². The second-order valence-corrected chi connectivity index (χ2v) is 8.51. The molecule has 1 aliphatic carbocycles. The molecular formula is C22H22Cl2N2O3. The van der Waals surface area contributed by atoms with Crippen LogP contribution in [0, 0.1) is 6.92 Å². The SMILES string of the molecule is Cc1[nH]c(=O)c(CN2CCc3c(Cl)cc(OC(C)C)c(Cl)c3C2=O)c2c1C=CC2. The maximum absolute atomic E-state index is 13.3. The molecule has 5 nitrogen and oxygen atoms in total. The predicted molar refractivity (Wildman–Crippen MR) is 115 cm³/mol. The molecule has 1 aromatic heterocycles. The molecule has 0 unspecified atom stereocenters. The standard InChI is InChI=1S/C22H22Cl2N2O3/c1-11(2)29-18-9-17(23)15-7-8-26(22(28)19(15)20(18)24)10-16-14-6-4-5-13(14)12(3)25-21(16)27/h4-5,9,11H,6-8,10H2,1-3H3,(H,25,27). The van der Waals surface area contributed by atoms with Gasteiger partial charge in [-0.2, -0.15) is 0 Å². The van der Waals surface area contributed by atoms with Crippen molar-refractivity contribution in [1.82, 2.24) is 9.88 Å². The van der Waals surface area contributed by atoms with E-state index in [-0.39, 0.29) is 29.1 Å². The minimum absolute atomic E-state index is 0.0994. The summed E-state index contributed by atoms with van der Waals surface area (Å²) in [6, 6.07) is 1.68. The van der Waals surface area contributed by atoms with Crippen molar-refractivity contribution in [3.05, 3.63) is 66.1 Å². The number of aromatic amines is 1. The van der Waals surface area contributed by atoms with Gasteiger partial charge >= 0.3 is 0 Å². The predicted octanol–water partition coefficient (Wildman–Crippen LogP) is 4.55. The van der Waals surface area contributed by atoms with Gasteiger partial charge in [-0.05, 0) is 50.3 Å². The summed E-state index contributed by atoms with van der Waals surface area (Å²) in [5.74, 6) is 0.172. The lowest BCUT2D eigenvalue weighted by molar-refractivity contribution is 0.0725. The van der Waals surface area contributed by atoms with Crippen LogP contribution in [-0.2, 0) is 19.4 Å². The maximum Gasteiger partial charge on any atom is 0.256 e. The van der Waals surface area contributed by atoms with E-state index in [1.165, 1.54) is 0 Å². The molecule has 152 valence electrons. The van der Waals surface area contributed by atoms with Crippen LogP contribution in [0.2, 0.25) is 10.0 Å². The molecule has 2 aromatic rings. The summed E-state index contributed by atoms with van der Waals surface area (Å²) in [5.41, 5.74) is 4.47. The quantitative estimate of drug-likeness (QED) is 0.770. The zero-order valence-electron chi connectivity index (χ0n) is 16.6. The molecule has 4 rings (SSSR count). The lowest BCUT2D eigenvalue weighted by Gasteiger charge is -2.31. The van der Waals surface area contributed by atoms with Gasteiger partial charge in [0.25, 0.3) is 11.5 Å². The van der Waals surface area contributed by atoms with Gasteiger partial charge in [0.2, 0.25) is 0 Å². The number of hydrogen-bond donors (Lipinski definition) is 1. The summed E-state index contributed by atoms with van der Waals surface area (Å²) in [6.07, 6.45) is 5.23. The summed E-state index contributed by atoms with van der Waals surface area (Å²) in [7, 11) is 0. The number of allylic oxidation sites excluding steroid dienone is 1. The van der Waals surface area contributed by atoms with Crippen LogP contribution in [0.15, 0.2) is 16.9 Å². The summed E-state index contributed by atoms with van der Waals surface area (Å²) in [6.45, 7) is 6.37. The number of pyridine rings is 1. The number of aryl methyl sites for hydroxylation is 1. The molecule has 0 atom stereocenters. The fourth-order valence-corrected chi connectivity index (χ4v) is 4.64. The van der Waals surface area contributed by atoms with Crippen LogP contribution in [0.4, 0.5) is 0 Å². The zero-order valence-corrected chi connectivity index (χ0v) is 18.1. The molecule has 0 saturated heterocycles. The fourth-order valence-electron chi connectivity index (χ4n) is 4.06. The largest absolute Gasteiger partial charge is 0.489 e. The summed E-state index contributed by atoms with van der Waals surface area (Å²) >= 11 is 13.0. The Balaban J connectivity index is 1.72. The van der Waals surface area contributed by atoms with Crippen LogP contribution in [0.1, 0.15) is 52.2 Å². The molecule has 0 bridgehead atoms. The molecule has 2 aliphatic rings. The number of nitrogens with one attached hydrogen (secondary N) is 1. The van der Waals surface area contributed by atoms with E-state index in [0.29, 0.717) is 41.3 Å². The van der Waals surface area contributed by atoms with E-state index in [2.05, 4.69) is 4.98 Å². The normalized spacial score (nSPS) is 15.1. The highest BCUT2D eigenvalue weighted by Crippen LogP contribution is 2.39. The first kappa shape index (κ1) is 20.0. The Morgan fingerprint density at radius 1 is 1.24 bits per heavy atom. The summed E-state index contributed by atoms with van der Waals surface area (Å²) in [5, 5.41) is 0.754. The van der Waals surface area contributed by atoms with Gasteiger partial charge in [0.15, 0.2) is 0 Å². The number of benzene rings is 1. The highest BCUT2D eigenvalue weighted by atomic mass is 35.5. The minimum Gasteiger partial charge on any atom is -0.489 e. The van der Waals surface area contributed by atoms with Gasteiger partial charge in [0.05, 0.1) is 23.2 Å². The van der Waals surface area contributed by atoms with Gasteiger partial charge in [0, 0.05) is 28.9 Å². The molecular weight excluding hydrogens is 411 g/mol. The van der Waals surface area contributed by atoms with E-state index < -0.39 is 0 Å². The molecule has 0 fully saturated rings. The van der Waals surface area contributed by atoms with Crippen LogP contribution < -0.4 is 10.3 Å². The van der Waals surface area contributed by atoms with Gasteiger partial charge in [-0.25, -0.2) is 0 Å². The number of halogens is 2. The van der Waals surface area contributed by atoms with E-state index in [1.54, 1.807) is 11.0 Å². The van der Waals surface area contributed by atoms with Crippen molar-refractivity contribution in [3.63, 3.8) is 0 Å². The highest BCUT2D eigenvalue weighted by Gasteiger charge is 2.32. The molecule has 1 aromatic carbocycles. The van der Waals surface area contributed by atoms with Crippen molar-refractivity contribution >= 4 is 35.2 Å².